The van der Waals surface area contributed by atoms with E-state index in [1.165, 1.54) is 5.56 Å². The summed E-state index contributed by atoms with van der Waals surface area (Å²) < 4.78 is 10.7. The van der Waals surface area contributed by atoms with E-state index in [2.05, 4.69) is 75.2 Å². The molecule has 21 nitrogen and oxygen atoms in total. The van der Waals surface area contributed by atoms with Crippen LogP contribution in [0.25, 0.3) is 44.5 Å². The number of piperidine rings is 1. The largest absolute Gasteiger partial charge is 0.385 e. The van der Waals surface area contributed by atoms with Crippen LogP contribution in [0.1, 0.15) is 43.7 Å². The maximum absolute atomic E-state index is 13.1. The Morgan fingerprint density at radius 1 is 0.881 bits per heavy atom. The number of amides is 3. The molecule has 2 atom stereocenters. The number of aryl methyl sites for hydroxylation is 1. The number of hydrogen-bond acceptors (Lipinski definition) is 16. The predicted octanol–water partition coefficient (Wildman–Crippen LogP) is 2.60. The number of hydrogen-bond donors (Lipinski definition) is 2. The first-order valence-electron chi connectivity index (χ1n) is 22.6. The van der Waals surface area contributed by atoms with Crippen molar-refractivity contribution in [3.8, 4) is 22.4 Å². The summed E-state index contributed by atoms with van der Waals surface area (Å²) in [5, 5.41) is 23.8. The molecule has 0 saturated carbocycles. The van der Waals surface area contributed by atoms with Gasteiger partial charge in [-0.2, -0.15) is 10.2 Å². The number of fused-ring (bicyclic) bond motifs is 2. The molecular formula is C46H50N16O5. The van der Waals surface area contributed by atoms with Crippen molar-refractivity contribution in [1.82, 2.24) is 69.6 Å². The van der Waals surface area contributed by atoms with Crippen molar-refractivity contribution in [1.29, 1.82) is 0 Å². The van der Waals surface area contributed by atoms with E-state index in [4.69, 9.17) is 14.7 Å². The number of imide groups is 1. The summed E-state index contributed by atoms with van der Waals surface area (Å²) in [5.74, 6) is -0.0218. The van der Waals surface area contributed by atoms with Crippen molar-refractivity contribution in [3.63, 3.8) is 0 Å². The van der Waals surface area contributed by atoms with Crippen molar-refractivity contribution in [2.24, 2.45) is 7.05 Å². The molecule has 21 heteroatoms. The number of benzene rings is 2. The van der Waals surface area contributed by atoms with Crippen LogP contribution in [0, 0.1) is 0 Å². The number of nitrogens with zero attached hydrogens (tertiary/aromatic N) is 14. The molecule has 2 aromatic carbocycles. The zero-order valence-corrected chi connectivity index (χ0v) is 37.1. The van der Waals surface area contributed by atoms with Gasteiger partial charge in [-0.05, 0) is 48.6 Å². The van der Waals surface area contributed by atoms with Crippen LogP contribution in [-0.4, -0.2) is 141 Å². The number of carbonyl (C=O) groups is 3. The fraction of sp³-hybridized carbons (Fsp3) is 0.391. The number of ether oxygens (including phenoxy) is 1. The van der Waals surface area contributed by atoms with Crippen molar-refractivity contribution in [2.45, 2.75) is 57.3 Å². The second kappa shape index (κ2) is 19.1. The highest BCUT2D eigenvalue weighted by atomic mass is 16.5. The first-order valence-corrected chi connectivity index (χ1v) is 22.6. The van der Waals surface area contributed by atoms with E-state index in [1.807, 2.05) is 42.7 Å². The molecule has 3 fully saturated rings. The molecule has 2 N–H and O–H groups in total. The molecule has 7 aromatic rings. The van der Waals surface area contributed by atoms with E-state index >= 15 is 0 Å². The molecular weight excluding hydrogens is 857 g/mol. The molecule has 3 aliphatic rings. The summed E-state index contributed by atoms with van der Waals surface area (Å²) in [6.45, 7) is 6.81. The van der Waals surface area contributed by atoms with Gasteiger partial charge in [0, 0.05) is 113 Å². The van der Waals surface area contributed by atoms with Gasteiger partial charge in [-0.15, -0.1) is 5.10 Å². The smallest absolute Gasteiger partial charge is 0.275 e. The molecule has 3 aliphatic heterocycles. The number of rotatable bonds is 14. The van der Waals surface area contributed by atoms with Gasteiger partial charge >= 0.3 is 0 Å². The minimum Gasteiger partial charge on any atom is -0.385 e. The van der Waals surface area contributed by atoms with Gasteiger partial charge < -0.3 is 19.9 Å². The summed E-state index contributed by atoms with van der Waals surface area (Å²) in [5.41, 5.74) is 6.28. The number of piperazine rings is 1. The van der Waals surface area contributed by atoms with Crippen molar-refractivity contribution >= 4 is 51.4 Å². The fourth-order valence-corrected chi connectivity index (χ4v) is 8.83. The van der Waals surface area contributed by atoms with Crippen LogP contribution in [0.2, 0.25) is 0 Å². The maximum atomic E-state index is 13.1. The lowest BCUT2D eigenvalue weighted by atomic mass is 10.1. The number of unbranched alkanes of at least 4 members (excludes halogenated alkanes) is 1. The Morgan fingerprint density at radius 2 is 1.72 bits per heavy atom. The first-order chi connectivity index (χ1) is 32.7. The van der Waals surface area contributed by atoms with E-state index < -0.39 is 11.9 Å². The molecule has 5 aromatic heterocycles. The molecule has 0 bridgehead atoms. The van der Waals surface area contributed by atoms with Gasteiger partial charge in [0.05, 0.1) is 48.9 Å². The zero-order valence-electron chi connectivity index (χ0n) is 37.1. The molecule has 10 rings (SSSR count). The van der Waals surface area contributed by atoms with Crippen LogP contribution < -0.4 is 21.1 Å². The summed E-state index contributed by atoms with van der Waals surface area (Å²) >= 11 is 0. The summed E-state index contributed by atoms with van der Waals surface area (Å²) in [6.07, 6.45) is 13.0. The van der Waals surface area contributed by atoms with Crippen LogP contribution in [0.15, 0.2) is 84.4 Å². The second-order valence-corrected chi connectivity index (χ2v) is 17.2. The Labute approximate surface area is 384 Å². The Kier molecular flexibility index (Phi) is 12.4. The number of aromatic nitrogens is 11. The summed E-state index contributed by atoms with van der Waals surface area (Å²) in [7, 11) is 1.86. The number of nitrogens with one attached hydrogen (secondary N) is 2. The summed E-state index contributed by atoms with van der Waals surface area (Å²) in [4.78, 5) is 75.2. The quantitative estimate of drug-likeness (QED) is 0.118. The van der Waals surface area contributed by atoms with Crippen molar-refractivity contribution < 1.29 is 19.1 Å². The van der Waals surface area contributed by atoms with Gasteiger partial charge in [-0.3, -0.25) is 34.1 Å². The van der Waals surface area contributed by atoms with Gasteiger partial charge in [-0.25, -0.2) is 29.3 Å². The number of carbonyl (C=O) groups excluding carboxylic acids is 3. The molecule has 8 heterocycles. The molecule has 344 valence electrons. The van der Waals surface area contributed by atoms with E-state index in [-0.39, 0.29) is 36.3 Å². The topological polar surface area (TPSA) is 229 Å². The normalized spacial score (nSPS) is 18.2. The van der Waals surface area contributed by atoms with Crippen LogP contribution in [-0.2, 0) is 39.3 Å². The SMILES string of the molecule is Cn1cc(-c2cnc3c(nnn3C[C@@H]3CN(c4ncc(-c5ccc(CN6CCN(C(=O)CCCCNc7ccc8c(=O)n(C9CCC(=O)NC9=O)ncc8c7)CC6)cc5)cn4)CCO3)n2)cn1. The van der Waals surface area contributed by atoms with Crippen LogP contribution in [0.3, 0.4) is 0 Å². The monoisotopic (exact) mass is 906 g/mol. The molecule has 0 spiro atoms. The Bertz CT molecular complexity index is 2980. The molecule has 0 aliphatic carbocycles. The Morgan fingerprint density at radius 3 is 2.51 bits per heavy atom. The Balaban J connectivity index is 0.638. The third-order valence-electron chi connectivity index (χ3n) is 12.5. The highest BCUT2D eigenvalue weighted by molar-refractivity contribution is 5.99. The van der Waals surface area contributed by atoms with Gasteiger partial charge in [0.2, 0.25) is 23.4 Å². The molecule has 3 amide bonds. The maximum Gasteiger partial charge on any atom is 0.275 e. The van der Waals surface area contributed by atoms with Crippen LogP contribution >= 0.6 is 0 Å². The summed E-state index contributed by atoms with van der Waals surface area (Å²) in [6, 6.07) is 13.1. The molecule has 67 heavy (non-hydrogen) atoms. The van der Waals surface area contributed by atoms with E-state index in [1.54, 1.807) is 34.0 Å². The lowest BCUT2D eigenvalue weighted by molar-refractivity contribution is -0.136. The van der Waals surface area contributed by atoms with Crippen molar-refractivity contribution in [2.75, 3.05) is 62.6 Å². The highest BCUT2D eigenvalue weighted by Gasteiger charge is 2.30. The Hall–Kier alpha value is -7.52. The minimum absolute atomic E-state index is 0.162. The van der Waals surface area contributed by atoms with E-state index in [0.29, 0.717) is 86.0 Å². The molecule has 0 radical (unpaired) electrons. The van der Waals surface area contributed by atoms with E-state index in [0.717, 1.165) is 59.5 Å². The third-order valence-corrected chi connectivity index (χ3v) is 12.5. The van der Waals surface area contributed by atoms with Gasteiger partial charge in [0.25, 0.3) is 11.5 Å². The average molecular weight is 907 g/mol. The third kappa shape index (κ3) is 9.73. The lowest BCUT2D eigenvalue weighted by Gasteiger charge is -2.35. The lowest BCUT2D eigenvalue weighted by Crippen LogP contribution is -2.48. The average Bonchev–Trinajstić information content (AvgIpc) is 3.97. The van der Waals surface area contributed by atoms with Crippen LogP contribution in [0.5, 0.6) is 0 Å². The van der Waals surface area contributed by atoms with Gasteiger partial charge in [0.15, 0.2) is 5.65 Å². The molecule has 1 unspecified atom stereocenters. The second-order valence-electron chi connectivity index (χ2n) is 17.2. The zero-order chi connectivity index (χ0) is 45.9. The van der Waals surface area contributed by atoms with Gasteiger partial charge in [-0.1, -0.05) is 29.5 Å². The minimum atomic E-state index is -0.803. The van der Waals surface area contributed by atoms with Crippen molar-refractivity contribution in [3.05, 3.63) is 95.6 Å². The predicted molar refractivity (Wildman–Crippen MR) is 246 cm³/mol. The van der Waals surface area contributed by atoms with Gasteiger partial charge in [0.1, 0.15) is 6.04 Å². The standard InChI is InChI=1S/C46H50N16O5/c1-57-27-34(24-51-57)38-25-48-43-42(53-38)55-56-61(43)29-36-28-60(18-19-67-36)46-49-21-33(22-50-46)31-7-5-30(6-8-31)26-58-14-16-59(17-15-58)41(64)4-2-3-13-47-35-9-10-37-32(20-35)23-52-62(45(37)66)39-11-12-40(63)54-44(39)65/h5-10,20-25,27,36,39,47H,2-4,11-19,26,28-29H2,1H3,(H,54,63,65)/t36-,39?/m0/s1. The fourth-order valence-electron chi connectivity index (χ4n) is 8.83. The highest BCUT2D eigenvalue weighted by Crippen LogP contribution is 2.24. The van der Waals surface area contributed by atoms with Crippen LogP contribution in [0.4, 0.5) is 11.6 Å². The molecule has 3 saturated heterocycles. The van der Waals surface area contributed by atoms with E-state index in [9.17, 15) is 19.2 Å². The number of morpholine rings is 1. The first kappa shape index (κ1) is 43.4. The number of anilines is 2.